The molecule has 0 fully saturated rings. The lowest BCUT2D eigenvalue weighted by Crippen LogP contribution is -2.21. The molecule has 1 aromatic carbocycles. The Kier molecular flexibility index (Phi) is 5.76. The SMILES string of the molecule is CC(C)(C)CCS(=O)(=O)Nc1ccc(F)c(C#CCN)c1. The third-order valence-corrected chi connectivity index (χ3v) is 3.97. The molecule has 0 unspecified atom stereocenters. The van der Waals surface area contributed by atoms with Gasteiger partial charge >= 0.3 is 0 Å². The molecule has 0 heterocycles. The summed E-state index contributed by atoms with van der Waals surface area (Å²) in [7, 11) is -3.46. The summed E-state index contributed by atoms with van der Waals surface area (Å²) < 4.78 is 39.9. The summed E-state index contributed by atoms with van der Waals surface area (Å²) in [4.78, 5) is 0. The van der Waals surface area contributed by atoms with E-state index in [0.717, 1.165) is 0 Å². The minimum Gasteiger partial charge on any atom is -0.320 e. The van der Waals surface area contributed by atoms with Crippen molar-refractivity contribution in [2.75, 3.05) is 17.0 Å². The molecule has 116 valence electrons. The summed E-state index contributed by atoms with van der Waals surface area (Å²) in [6.45, 7) is 6.03. The molecule has 0 saturated carbocycles. The van der Waals surface area contributed by atoms with Gasteiger partial charge in [0.2, 0.25) is 10.0 Å². The Morgan fingerprint density at radius 2 is 2.00 bits per heavy atom. The van der Waals surface area contributed by atoms with Gasteiger partial charge in [-0.15, -0.1) is 0 Å². The van der Waals surface area contributed by atoms with Gasteiger partial charge in [0, 0.05) is 5.69 Å². The van der Waals surface area contributed by atoms with Gasteiger partial charge in [0.15, 0.2) is 0 Å². The number of sulfonamides is 1. The second kappa shape index (κ2) is 6.92. The molecule has 0 aromatic heterocycles. The Labute approximate surface area is 126 Å². The van der Waals surface area contributed by atoms with Crippen molar-refractivity contribution in [3.8, 4) is 11.8 Å². The second-order valence-corrected chi connectivity index (χ2v) is 7.77. The van der Waals surface area contributed by atoms with Gasteiger partial charge in [0.05, 0.1) is 17.9 Å². The molecular formula is C15H21FN2O2S. The van der Waals surface area contributed by atoms with E-state index in [9.17, 15) is 12.8 Å². The number of anilines is 1. The Morgan fingerprint density at radius 1 is 1.33 bits per heavy atom. The molecule has 1 aromatic rings. The summed E-state index contributed by atoms with van der Waals surface area (Å²) in [6, 6.07) is 3.92. The molecule has 0 spiro atoms. The highest BCUT2D eigenvalue weighted by Gasteiger charge is 2.17. The maximum absolute atomic E-state index is 13.5. The van der Waals surface area contributed by atoms with Crippen LogP contribution in [0.25, 0.3) is 0 Å². The topological polar surface area (TPSA) is 72.2 Å². The zero-order valence-electron chi connectivity index (χ0n) is 12.5. The van der Waals surface area contributed by atoms with Gasteiger partial charge in [-0.05, 0) is 30.0 Å². The predicted molar refractivity (Wildman–Crippen MR) is 83.8 cm³/mol. The molecule has 0 aliphatic heterocycles. The molecule has 1 rings (SSSR count). The first-order valence-corrected chi connectivity index (χ1v) is 8.27. The molecule has 0 amide bonds. The van der Waals surface area contributed by atoms with Crippen molar-refractivity contribution in [2.24, 2.45) is 11.1 Å². The van der Waals surface area contributed by atoms with Crippen LogP contribution in [0.15, 0.2) is 18.2 Å². The minimum absolute atomic E-state index is 0.0116. The lowest BCUT2D eigenvalue weighted by molar-refractivity contribution is 0.397. The average molecular weight is 312 g/mol. The van der Waals surface area contributed by atoms with Gasteiger partial charge in [-0.2, -0.15) is 0 Å². The average Bonchev–Trinajstić information content (AvgIpc) is 2.36. The van der Waals surface area contributed by atoms with Crippen molar-refractivity contribution < 1.29 is 12.8 Å². The fourth-order valence-corrected chi connectivity index (χ4v) is 2.97. The molecule has 0 aliphatic rings. The van der Waals surface area contributed by atoms with Crippen LogP contribution in [0, 0.1) is 23.1 Å². The van der Waals surface area contributed by atoms with E-state index in [2.05, 4.69) is 16.6 Å². The third-order valence-electron chi connectivity index (χ3n) is 2.69. The molecule has 3 N–H and O–H groups in total. The fraction of sp³-hybridized carbons (Fsp3) is 0.467. The molecule has 4 nitrogen and oxygen atoms in total. The first-order chi connectivity index (χ1) is 9.63. The van der Waals surface area contributed by atoms with Crippen molar-refractivity contribution in [3.63, 3.8) is 0 Å². The summed E-state index contributed by atoms with van der Waals surface area (Å²) in [5, 5.41) is 0. The Hall–Kier alpha value is -1.58. The number of rotatable bonds is 4. The van der Waals surface area contributed by atoms with Crippen molar-refractivity contribution in [1.82, 2.24) is 0 Å². The summed E-state index contributed by atoms with van der Waals surface area (Å²) in [5.74, 6) is 4.62. The van der Waals surface area contributed by atoms with Crippen LogP contribution >= 0.6 is 0 Å². The van der Waals surface area contributed by atoms with E-state index in [4.69, 9.17) is 5.73 Å². The first-order valence-electron chi connectivity index (χ1n) is 6.62. The van der Waals surface area contributed by atoms with Crippen LogP contribution in [-0.4, -0.2) is 20.7 Å². The van der Waals surface area contributed by atoms with Crippen LogP contribution < -0.4 is 10.5 Å². The Morgan fingerprint density at radius 3 is 2.57 bits per heavy atom. The van der Waals surface area contributed by atoms with Crippen LogP contribution in [0.3, 0.4) is 0 Å². The quantitative estimate of drug-likeness (QED) is 0.838. The van der Waals surface area contributed by atoms with Gasteiger partial charge in [-0.25, -0.2) is 12.8 Å². The van der Waals surface area contributed by atoms with E-state index in [-0.39, 0.29) is 23.3 Å². The molecule has 6 heteroatoms. The highest BCUT2D eigenvalue weighted by atomic mass is 32.2. The van der Waals surface area contributed by atoms with E-state index in [1.54, 1.807) is 0 Å². The van der Waals surface area contributed by atoms with Crippen LogP contribution in [0.5, 0.6) is 0 Å². The number of nitrogens with one attached hydrogen (secondary N) is 1. The third kappa shape index (κ3) is 6.61. The summed E-state index contributed by atoms with van der Waals surface area (Å²) in [6.07, 6.45) is 0.531. The Balaban J connectivity index is 2.88. The van der Waals surface area contributed by atoms with E-state index in [1.807, 2.05) is 20.8 Å². The summed E-state index contributed by atoms with van der Waals surface area (Å²) in [5.41, 5.74) is 5.58. The number of hydrogen-bond donors (Lipinski definition) is 2. The van der Waals surface area contributed by atoms with E-state index in [0.29, 0.717) is 12.1 Å². The maximum Gasteiger partial charge on any atom is 0.232 e. The van der Waals surface area contributed by atoms with Gasteiger partial charge in [-0.1, -0.05) is 32.6 Å². The maximum atomic E-state index is 13.5. The zero-order valence-corrected chi connectivity index (χ0v) is 13.3. The highest BCUT2D eigenvalue weighted by molar-refractivity contribution is 7.92. The normalized spacial score (nSPS) is 11.7. The molecule has 0 saturated heterocycles. The number of hydrogen-bond acceptors (Lipinski definition) is 3. The molecule has 21 heavy (non-hydrogen) atoms. The second-order valence-electron chi connectivity index (χ2n) is 5.93. The van der Waals surface area contributed by atoms with Crippen LogP contribution in [-0.2, 0) is 10.0 Å². The van der Waals surface area contributed by atoms with E-state index < -0.39 is 15.8 Å². The first kappa shape index (κ1) is 17.5. The van der Waals surface area contributed by atoms with Crippen molar-refractivity contribution in [3.05, 3.63) is 29.6 Å². The monoisotopic (exact) mass is 312 g/mol. The lowest BCUT2D eigenvalue weighted by Gasteiger charge is -2.18. The Bertz CT molecular complexity index is 652. The molecule has 0 bridgehead atoms. The zero-order chi connectivity index (χ0) is 16.1. The van der Waals surface area contributed by atoms with Crippen LogP contribution in [0.2, 0.25) is 0 Å². The number of halogens is 1. The van der Waals surface area contributed by atoms with Crippen LogP contribution in [0.4, 0.5) is 10.1 Å². The van der Waals surface area contributed by atoms with E-state index >= 15 is 0 Å². The van der Waals surface area contributed by atoms with Gasteiger partial charge in [-0.3, -0.25) is 4.72 Å². The molecule has 0 aliphatic carbocycles. The molecular weight excluding hydrogens is 291 g/mol. The minimum atomic E-state index is -3.46. The number of nitrogens with two attached hydrogens (primary N) is 1. The summed E-state index contributed by atoms with van der Waals surface area (Å²) >= 11 is 0. The van der Waals surface area contributed by atoms with Crippen molar-refractivity contribution >= 4 is 15.7 Å². The van der Waals surface area contributed by atoms with Gasteiger partial charge in [0.25, 0.3) is 0 Å². The predicted octanol–water partition coefficient (Wildman–Crippen LogP) is 2.31. The lowest BCUT2D eigenvalue weighted by atomic mass is 9.94. The molecule has 0 atom stereocenters. The van der Waals surface area contributed by atoms with Gasteiger partial charge in [0.1, 0.15) is 5.82 Å². The van der Waals surface area contributed by atoms with Crippen molar-refractivity contribution in [1.29, 1.82) is 0 Å². The highest BCUT2D eigenvalue weighted by Crippen LogP contribution is 2.21. The number of benzene rings is 1. The van der Waals surface area contributed by atoms with Crippen molar-refractivity contribution in [2.45, 2.75) is 27.2 Å². The smallest absolute Gasteiger partial charge is 0.232 e. The van der Waals surface area contributed by atoms with E-state index in [1.165, 1.54) is 18.2 Å². The van der Waals surface area contributed by atoms with Gasteiger partial charge < -0.3 is 5.73 Å². The van der Waals surface area contributed by atoms with Crippen LogP contribution in [0.1, 0.15) is 32.8 Å². The fourth-order valence-electron chi connectivity index (χ4n) is 1.50. The molecule has 0 radical (unpaired) electrons. The standard InChI is InChI=1S/C15H21FN2O2S/c1-15(2,3)8-10-21(19,20)18-13-6-7-14(16)12(11-13)5-4-9-17/h6-7,11,18H,8-10,17H2,1-3H3. The largest absolute Gasteiger partial charge is 0.320 e.